The van der Waals surface area contributed by atoms with Gasteiger partial charge in [-0.3, -0.25) is 0 Å². The lowest BCUT2D eigenvalue weighted by atomic mass is 10.1. The number of anilines is 1. The van der Waals surface area contributed by atoms with Crippen LogP contribution in [0.3, 0.4) is 0 Å². The zero-order valence-electron chi connectivity index (χ0n) is 14.2. The van der Waals surface area contributed by atoms with E-state index in [4.69, 9.17) is 0 Å². The molecule has 0 unspecified atom stereocenters. The normalized spacial score (nSPS) is 12.0. The van der Waals surface area contributed by atoms with Gasteiger partial charge in [0.2, 0.25) is 0 Å². The van der Waals surface area contributed by atoms with Crippen LogP contribution in [0.4, 0.5) is 18.2 Å². The highest BCUT2D eigenvalue weighted by Crippen LogP contribution is 2.35. The van der Waals surface area contributed by atoms with Crippen LogP contribution in [0, 0.1) is 0 Å². The van der Waals surface area contributed by atoms with Crippen molar-refractivity contribution in [1.29, 1.82) is 0 Å². The third kappa shape index (κ3) is 4.74. The summed E-state index contributed by atoms with van der Waals surface area (Å²) in [5.41, 5.74) is 0.204. The third-order valence-corrected chi connectivity index (χ3v) is 5.36. The van der Waals surface area contributed by atoms with Gasteiger partial charge in [-0.15, -0.1) is 11.3 Å². The molecule has 0 aliphatic rings. The third-order valence-electron chi connectivity index (χ3n) is 4.11. The Morgan fingerprint density at radius 2 is 1.54 bits per heavy atom. The summed E-state index contributed by atoms with van der Waals surface area (Å²) < 4.78 is 37.9. The number of alkyl halides is 3. The van der Waals surface area contributed by atoms with Crippen LogP contribution in [0.2, 0.25) is 0 Å². The van der Waals surface area contributed by atoms with Crippen LogP contribution in [0.25, 0.3) is 10.4 Å². The number of nitrogens with zero attached hydrogens (tertiary/aromatic N) is 2. The van der Waals surface area contributed by atoms with Crippen molar-refractivity contribution in [2.75, 3.05) is 38.1 Å². The van der Waals surface area contributed by atoms with E-state index in [1.54, 1.807) is 11.3 Å². The van der Waals surface area contributed by atoms with Crippen molar-refractivity contribution in [3.05, 3.63) is 42.0 Å². The zero-order chi connectivity index (χ0) is 17.7. The van der Waals surface area contributed by atoms with Gasteiger partial charge in [0.25, 0.3) is 0 Å². The number of benzene rings is 1. The molecular weight excluding hydrogens is 333 g/mol. The first kappa shape index (κ1) is 18.8. The minimum atomic E-state index is -4.29. The first-order valence-corrected chi connectivity index (χ1v) is 8.87. The van der Waals surface area contributed by atoms with E-state index in [1.165, 1.54) is 12.1 Å². The molecule has 0 saturated heterocycles. The van der Waals surface area contributed by atoms with Crippen LogP contribution in [0.15, 0.2) is 36.4 Å². The van der Waals surface area contributed by atoms with Gasteiger partial charge >= 0.3 is 6.18 Å². The highest BCUT2D eigenvalue weighted by atomic mass is 32.1. The lowest BCUT2D eigenvalue weighted by Crippen LogP contribution is -2.32. The van der Waals surface area contributed by atoms with Gasteiger partial charge in [-0.05, 0) is 42.9 Å². The summed E-state index contributed by atoms with van der Waals surface area (Å²) in [6.45, 7) is 8.29. The van der Waals surface area contributed by atoms with Gasteiger partial charge in [-0.25, -0.2) is 0 Å². The molecule has 0 N–H and O–H groups in total. The lowest BCUT2D eigenvalue weighted by molar-refractivity contribution is -0.137. The summed E-state index contributed by atoms with van der Waals surface area (Å²) in [7, 11) is 2.05. The Morgan fingerprint density at radius 3 is 2.08 bits per heavy atom. The van der Waals surface area contributed by atoms with E-state index in [-0.39, 0.29) is 0 Å². The van der Waals surface area contributed by atoms with Gasteiger partial charge in [0, 0.05) is 25.0 Å². The second kappa shape index (κ2) is 8.03. The van der Waals surface area contributed by atoms with Gasteiger partial charge in [-0.1, -0.05) is 26.0 Å². The molecule has 0 amide bonds. The van der Waals surface area contributed by atoms with E-state index >= 15 is 0 Å². The molecule has 2 nitrogen and oxygen atoms in total. The quantitative estimate of drug-likeness (QED) is 0.672. The molecule has 1 heterocycles. The molecule has 0 bridgehead atoms. The molecule has 1 aromatic carbocycles. The molecule has 132 valence electrons. The van der Waals surface area contributed by atoms with Crippen molar-refractivity contribution < 1.29 is 13.2 Å². The number of thiophene rings is 1. The molecule has 2 rings (SSSR count). The van der Waals surface area contributed by atoms with Crippen LogP contribution >= 0.6 is 11.3 Å². The minimum Gasteiger partial charge on any atom is -0.365 e. The molecule has 0 saturated carbocycles. The number of hydrogen-bond acceptors (Lipinski definition) is 3. The molecule has 0 aliphatic heterocycles. The highest BCUT2D eigenvalue weighted by Gasteiger charge is 2.30. The van der Waals surface area contributed by atoms with Crippen LogP contribution in [0.5, 0.6) is 0 Å². The smallest absolute Gasteiger partial charge is 0.365 e. The topological polar surface area (TPSA) is 6.48 Å². The molecule has 6 heteroatoms. The van der Waals surface area contributed by atoms with E-state index in [9.17, 15) is 13.2 Å². The second-order valence-electron chi connectivity index (χ2n) is 5.66. The number of likely N-dealkylation sites (N-methyl/N-ethyl adjacent to an activating group) is 2. The Bertz CT molecular complexity index is 630. The Hall–Kier alpha value is -1.53. The van der Waals surface area contributed by atoms with Crippen LogP contribution < -0.4 is 4.90 Å². The Kier molecular flexibility index (Phi) is 6.29. The van der Waals surface area contributed by atoms with Gasteiger partial charge in [0.15, 0.2) is 0 Å². The molecule has 2 aromatic rings. The number of hydrogen-bond donors (Lipinski definition) is 0. The summed E-state index contributed by atoms with van der Waals surface area (Å²) >= 11 is 1.60. The lowest BCUT2D eigenvalue weighted by Gasteiger charge is -2.23. The molecule has 0 radical (unpaired) electrons. The standard InChI is InChI=1S/C18H23F3N2S/c1-4-23(5-2)13-12-22(3)17-11-10-16(24-17)14-6-8-15(9-7-14)18(19,20)21/h6-11H,4-5,12-13H2,1-3H3. The first-order valence-electron chi connectivity index (χ1n) is 8.06. The summed E-state index contributed by atoms with van der Waals surface area (Å²) in [6.07, 6.45) is -4.29. The van der Waals surface area contributed by atoms with E-state index < -0.39 is 11.7 Å². The number of halogens is 3. The summed E-state index contributed by atoms with van der Waals surface area (Å²) in [6, 6.07) is 9.34. The number of rotatable bonds is 7. The van der Waals surface area contributed by atoms with Gasteiger partial charge in [0.05, 0.1) is 10.6 Å². The summed E-state index contributed by atoms with van der Waals surface area (Å²) in [4.78, 5) is 5.53. The Morgan fingerprint density at radius 1 is 0.917 bits per heavy atom. The maximum Gasteiger partial charge on any atom is 0.416 e. The fourth-order valence-corrected chi connectivity index (χ4v) is 3.45. The predicted octanol–water partition coefficient (Wildman–Crippen LogP) is 5.21. The molecule has 24 heavy (non-hydrogen) atoms. The average Bonchev–Trinajstić information content (AvgIpc) is 3.05. The van der Waals surface area contributed by atoms with Gasteiger partial charge < -0.3 is 9.80 Å². The molecule has 0 atom stereocenters. The van der Waals surface area contributed by atoms with Crippen LogP contribution in [0.1, 0.15) is 19.4 Å². The zero-order valence-corrected chi connectivity index (χ0v) is 15.0. The molecule has 1 aromatic heterocycles. The molecule has 0 spiro atoms. The fraction of sp³-hybridized carbons (Fsp3) is 0.444. The molecular formula is C18H23F3N2S. The van der Waals surface area contributed by atoms with E-state index in [0.717, 1.165) is 53.8 Å². The molecule has 0 aliphatic carbocycles. The fourth-order valence-electron chi connectivity index (χ4n) is 2.45. The van der Waals surface area contributed by atoms with Crippen molar-refractivity contribution in [3.63, 3.8) is 0 Å². The minimum absolute atomic E-state index is 0.612. The predicted molar refractivity (Wildman–Crippen MR) is 95.8 cm³/mol. The maximum atomic E-state index is 12.6. The SMILES string of the molecule is CCN(CC)CCN(C)c1ccc(-c2ccc(C(F)(F)F)cc2)s1. The van der Waals surface area contributed by atoms with Gasteiger partial charge in [0.1, 0.15) is 0 Å². The van der Waals surface area contributed by atoms with E-state index in [0.29, 0.717) is 0 Å². The highest BCUT2D eigenvalue weighted by molar-refractivity contribution is 7.19. The second-order valence-corrected chi connectivity index (χ2v) is 6.72. The first-order chi connectivity index (χ1) is 11.3. The van der Waals surface area contributed by atoms with Gasteiger partial charge in [-0.2, -0.15) is 13.2 Å². The van der Waals surface area contributed by atoms with Crippen molar-refractivity contribution in [3.8, 4) is 10.4 Å². The van der Waals surface area contributed by atoms with Crippen molar-refractivity contribution >= 4 is 16.3 Å². The average molecular weight is 356 g/mol. The monoisotopic (exact) mass is 356 g/mol. The van der Waals surface area contributed by atoms with Crippen molar-refractivity contribution in [2.45, 2.75) is 20.0 Å². The van der Waals surface area contributed by atoms with Crippen molar-refractivity contribution in [1.82, 2.24) is 4.90 Å². The van der Waals surface area contributed by atoms with Crippen molar-refractivity contribution in [2.24, 2.45) is 0 Å². The summed E-state index contributed by atoms with van der Waals surface area (Å²) in [5.74, 6) is 0. The largest absolute Gasteiger partial charge is 0.416 e. The Labute approximate surface area is 145 Å². The molecule has 0 fully saturated rings. The van der Waals surface area contributed by atoms with E-state index in [2.05, 4.69) is 23.6 Å². The maximum absolute atomic E-state index is 12.6. The van der Waals surface area contributed by atoms with E-state index in [1.807, 2.05) is 19.2 Å². The summed E-state index contributed by atoms with van der Waals surface area (Å²) in [5, 5.41) is 1.12. The van der Waals surface area contributed by atoms with Crippen LogP contribution in [-0.4, -0.2) is 38.1 Å². The van der Waals surface area contributed by atoms with Crippen LogP contribution in [-0.2, 0) is 6.18 Å². The Balaban J connectivity index is 2.04.